The van der Waals surface area contributed by atoms with Gasteiger partial charge in [-0.15, -0.1) is 12.4 Å². The van der Waals surface area contributed by atoms with Crippen LogP contribution in [-0.2, 0) is 4.79 Å². The third-order valence-electron chi connectivity index (χ3n) is 7.29. The molecule has 0 bridgehead atoms. The van der Waals surface area contributed by atoms with Gasteiger partial charge in [0.2, 0.25) is 5.91 Å². The average Bonchev–Trinajstić information content (AvgIpc) is 2.88. The first-order valence-corrected chi connectivity index (χ1v) is 12.4. The molecule has 6 heteroatoms. The van der Waals surface area contributed by atoms with E-state index in [1.807, 2.05) is 54.6 Å². The van der Waals surface area contributed by atoms with Gasteiger partial charge in [-0.25, -0.2) is 4.98 Å². The van der Waals surface area contributed by atoms with E-state index in [0.717, 1.165) is 59.6 Å². The van der Waals surface area contributed by atoms with Crippen LogP contribution < -0.4 is 15.4 Å². The number of nitrogens with zero attached hydrogens (tertiary/aromatic N) is 1. The summed E-state index contributed by atoms with van der Waals surface area (Å²) in [6, 6.07) is 26.6. The van der Waals surface area contributed by atoms with Crippen LogP contribution in [0.1, 0.15) is 48.3 Å². The summed E-state index contributed by atoms with van der Waals surface area (Å²) in [7, 11) is 0. The number of aryl methyl sites for hydroxylation is 1. The van der Waals surface area contributed by atoms with Crippen LogP contribution in [0.4, 0.5) is 5.82 Å². The summed E-state index contributed by atoms with van der Waals surface area (Å²) in [4.78, 5) is 18.3. The molecule has 0 spiro atoms. The number of nitrogens with one attached hydrogen (secondary N) is 2. The Hall–Kier alpha value is -3.57. The number of hydrogen-bond acceptors (Lipinski definition) is 4. The first-order chi connectivity index (χ1) is 17.2. The quantitative estimate of drug-likeness (QED) is 0.326. The van der Waals surface area contributed by atoms with E-state index in [-0.39, 0.29) is 30.3 Å². The number of pyridine rings is 1. The predicted octanol–water partition coefficient (Wildman–Crippen LogP) is 6.74. The second kappa shape index (κ2) is 10.2. The molecule has 2 N–H and O–H groups in total. The molecule has 1 amide bonds. The van der Waals surface area contributed by atoms with Crippen molar-refractivity contribution in [2.24, 2.45) is 0 Å². The molecule has 1 fully saturated rings. The summed E-state index contributed by atoms with van der Waals surface area (Å²) in [5, 5.41) is 8.18. The van der Waals surface area contributed by atoms with E-state index < -0.39 is 0 Å². The van der Waals surface area contributed by atoms with E-state index in [4.69, 9.17) is 9.72 Å². The molecule has 5 nitrogen and oxygen atoms in total. The minimum Gasteiger partial charge on any atom is -0.457 e. The number of fused-ring (bicyclic) bond motifs is 3. The lowest BCUT2D eigenvalue weighted by atomic mass is 9.86. The lowest BCUT2D eigenvalue weighted by molar-refractivity contribution is -0.122. The molecular weight excluding hydrogens is 470 g/mol. The van der Waals surface area contributed by atoms with Crippen molar-refractivity contribution >= 4 is 35.0 Å². The Bertz CT molecular complexity index is 1350. The normalized spacial score (nSPS) is 18.8. The zero-order chi connectivity index (χ0) is 23.8. The van der Waals surface area contributed by atoms with Gasteiger partial charge in [-0.1, -0.05) is 54.6 Å². The Morgan fingerprint density at radius 2 is 1.42 bits per heavy atom. The van der Waals surface area contributed by atoms with Crippen LogP contribution in [0.15, 0.2) is 78.9 Å². The smallest absolute Gasteiger partial charge is 0.232 e. The van der Waals surface area contributed by atoms with Crippen LogP contribution in [-0.4, -0.2) is 23.0 Å². The monoisotopic (exact) mass is 499 g/mol. The van der Waals surface area contributed by atoms with Gasteiger partial charge in [0.25, 0.3) is 0 Å². The van der Waals surface area contributed by atoms with E-state index in [2.05, 4.69) is 41.8 Å². The highest BCUT2D eigenvalue weighted by Gasteiger charge is 2.34. The molecule has 1 saturated carbocycles. The minimum atomic E-state index is -0.350. The summed E-state index contributed by atoms with van der Waals surface area (Å²) >= 11 is 0. The molecule has 2 heterocycles. The second-order valence-corrected chi connectivity index (χ2v) is 9.65. The van der Waals surface area contributed by atoms with E-state index in [1.165, 1.54) is 10.9 Å². The van der Waals surface area contributed by atoms with Gasteiger partial charge in [0, 0.05) is 28.6 Å². The van der Waals surface area contributed by atoms with Crippen LogP contribution in [0, 0.1) is 6.92 Å². The Balaban J connectivity index is 0.00000267. The summed E-state index contributed by atoms with van der Waals surface area (Å²) in [6.45, 7) is 2.13. The SMILES string of the molecule is Cc1cc(NC2CCC(NC(=O)C3c4ccccc4Oc4ccccc43)CC2)nc2ccccc12.Cl. The number of anilines is 1. The van der Waals surface area contributed by atoms with Crippen molar-refractivity contribution in [2.45, 2.75) is 50.6 Å². The Morgan fingerprint density at radius 1 is 0.833 bits per heavy atom. The summed E-state index contributed by atoms with van der Waals surface area (Å²) in [5.74, 6) is 2.16. The maximum absolute atomic E-state index is 13.5. The van der Waals surface area contributed by atoms with Gasteiger partial charge >= 0.3 is 0 Å². The lowest BCUT2D eigenvalue weighted by Crippen LogP contribution is -2.42. The third kappa shape index (κ3) is 4.63. The highest BCUT2D eigenvalue weighted by atomic mass is 35.5. The van der Waals surface area contributed by atoms with E-state index in [1.54, 1.807) is 0 Å². The lowest BCUT2D eigenvalue weighted by Gasteiger charge is -2.32. The molecule has 0 radical (unpaired) electrons. The molecule has 0 atom stereocenters. The maximum Gasteiger partial charge on any atom is 0.232 e. The van der Waals surface area contributed by atoms with Crippen molar-refractivity contribution in [1.82, 2.24) is 10.3 Å². The first kappa shape index (κ1) is 24.1. The molecule has 0 unspecified atom stereocenters. The number of ether oxygens (including phenoxy) is 1. The van der Waals surface area contributed by atoms with E-state index >= 15 is 0 Å². The van der Waals surface area contributed by atoms with Crippen molar-refractivity contribution in [3.05, 3.63) is 95.6 Å². The van der Waals surface area contributed by atoms with Crippen molar-refractivity contribution < 1.29 is 9.53 Å². The Labute approximate surface area is 217 Å². The number of carbonyl (C=O) groups is 1. The third-order valence-corrected chi connectivity index (χ3v) is 7.29. The molecule has 4 aromatic rings. The van der Waals surface area contributed by atoms with Gasteiger partial charge in [-0.05, 0) is 62.4 Å². The van der Waals surface area contributed by atoms with Gasteiger partial charge in [0.1, 0.15) is 17.3 Å². The van der Waals surface area contributed by atoms with Crippen molar-refractivity contribution in [3.8, 4) is 11.5 Å². The second-order valence-electron chi connectivity index (χ2n) is 9.65. The molecule has 0 saturated heterocycles. The number of benzene rings is 3. The topological polar surface area (TPSA) is 63.2 Å². The van der Waals surface area contributed by atoms with Gasteiger partial charge in [-0.2, -0.15) is 0 Å². The van der Waals surface area contributed by atoms with Crippen molar-refractivity contribution in [3.63, 3.8) is 0 Å². The number of rotatable bonds is 4. The zero-order valence-electron chi connectivity index (χ0n) is 20.2. The minimum absolute atomic E-state index is 0. The van der Waals surface area contributed by atoms with Crippen LogP contribution >= 0.6 is 12.4 Å². The highest BCUT2D eigenvalue weighted by molar-refractivity contribution is 5.90. The molecule has 6 rings (SSSR count). The molecule has 1 aliphatic carbocycles. The number of halogens is 1. The zero-order valence-corrected chi connectivity index (χ0v) is 21.1. The van der Waals surface area contributed by atoms with Gasteiger partial charge in [0.15, 0.2) is 0 Å². The molecule has 1 aromatic heterocycles. The fourth-order valence-corrected chi connectivity index (χ4v) is 5.49. The maximum atomic E-state index is 13.5. The number of para-hydroxylation sites is 3. The van der Waals surface area contributed by atoms with Gasteiger partial charge < -0.3 is 15.4 Å². The summed E-state index contributed by atoms with van der Waals surface area (Å²) in [5.41, 5.74) is 4.11. The number of hydrogen-bond donors (Lipinski definition) is 2. The molecule has 184 valence electrons. The van der Waals surface area contributed by atoms with Crippen molar-refractivity contribution in [2.75, 3.05) is 5.32 Å². The number of carbonyl (C=O) groups excluding carboxylic acids is 1. The summed E-state index contributed by atoms with van der Waals surface area (Å²) < 4.78 is 6.06. The van der Waals surface area contributed by atoms with Gasteiger partial charge in [-0.3, -0.25) is 4.79 Å². The first-order valence-electron chi connectivity index (χ1n) is 12.4. The molecule has 1 aliphatic heterocycles. The average molecular weight is 500 g/mol. The summed E-state index contributed by atoms with van der Waals surface area (Å²) in [6.07, 6.45) is 3.89. The fourth-order valence-electron chi connectivity index (χ4n) is 5.49. The van der Waals surface area contributed by atoms with E-state index in [9.17, 15) is 4.79 Å². The van der Waals surface area contributed by atoms with Crippen LogP contribution in [0.3, 0.4) is 0 Å². The predicted molar refractivity (Wildman–Crippen MR) is 146 cm³/mol. The largest absolute Gasteiger partial charge is 0.457 e. The highest BCUT2D eigenvalue weighted by Crippen LogP contribution is 2.44. The van der Waals surface area contributed by atoms with Gasteiger partial charge in [0.05, 0.1) is 11.4 Å². The standard InChI is InChI=1S/C30H29N3O2.ClH/c1-19-18-28(33-25-11-5-2-8-22(19)25)31-20-14-16-21(17-15-20)32-30(34)29-23-9-3-6-12-26(23)35-27-13-7-4-10-24(27)29;/h2-13,18,20-21,29H,14-17H2,1H3,(H,31,33)(H,32,34);1H. The molecule has 3 aromatic carbocycles. The molecule has 2 aliphatic rings. The fraction of sp³-hybridized carbons (Fsp3) is 0.267. The van der Waals surface area contributed by atoms with Crippen LogP contribution in [0.25, 0.3) is 10.9 Å². The number of amides is 1. The molecule has 36 heavy (non-hydrogen) atoms. The molecular formula is C30H30ClN3O2. The Kier molecular flexibility index (Phi) is 6.84. The van der Waals surface area contributed by atoms with Crippen molar-refractivity contribution in [1.29, 1.82) is 0 Å². The van der Waals surface area contributed by atoms with Crippen LogP contribution in [0.5, 0.6) is 11.5 Å². The van der Waals surface area contributed by atoms with E-state index in [0.29, 0.717) is 6.04 Å². The van der Waals surface area contributed by atoms with Crippen LogP contribution in [0.2, 0.25) is 0 Å². The Morgan fingerprint density at radius 3 is 2.11 bits per heavy atom. The number of aromatic nitrogens is 1.